The first kappa shape index (κ1) is 14.0. The van der Waals surface area contributed by atoms with E-state index in [4.69, 9.17) is 10.5 Å². The Morgan fingerprint density at radius 3 is 2.77 bits per heavy atom. The number of hydrogen-bond donors (Lipinski definition) is 2. The fourth-order valence-corrected chi connectivity index (χ4v) is 3.94. The number of aliphatic hydroxyl groups excluding tert-OH is 1. The second-order valence-electron chi connectivity index (χ2n) is 5.71. The molecule has 0 aliphatic carbocycles. The molecule has 0 aromatic carbocycles. The number of β-amino-alcohol motifs (C(OH)–C–C–N with tert-alkyl or cyclic N) is 1. The molecule has 4 rings (SSSR count). The van der Waals surface area contributed by atoms with Crippen molar-refractivity contribution in [2.24, 2.45) is 0 Å². The Bertz CT molecular complexity index is 685. The van der Waals surface area contributed by atoms with Gasteiger partial charge in [0.15, 0.2) is 16.6 Å². The zero-order valence-corrected chi connectivity index (χ0v) is 13.1. The van der Waals surface area contributed by atoms with E-state index in [2.05, 4.69) is 14.9 Å². The standard InChI is InChI=1S/C14H19N5O2S/c15-10-7-11-12(16-13(10)19-2-1-9(20)8-19)17-14(22-11)18-3-5-21-6-4-18/h7,9,20H,1-6,8,15H2/t9-/m0/s1. The van der Waals surface area contributed by atoms with Gasteiger partial charge in [0.25, 0.3) is 0 Å². The van der Waals surface area contributed by atoms with E-state index >= 15 is 0 Å². The van der Waals surface area contributed by atoms with Crippen molar-refractivity contribution < 1.29 is 9.84 Å². The summed E-state index contributed by atoms with van der Waals surface area (Å²) in [6, 6.07) is 1.95. The number of morpholine rings is 1. The van der Waals surface area contributed by atoms with Gasteiger partial charge in [-0.05, 0) is 12.5 Å². The maximum Gasteiger partial charge on any atom is 0.188 e. The lowest BCUT2D eigenvalue weighted by molar-refractivity contribution is 0.122. The molecule has 0 saturated carbocycles. The molecule has 0 amide bonds. The molecular formula is C14H19N5O2S. The van der Waals surface area contributed by atoms with Gasteiger partial charge in [0.05, 0.1) is 29.7 Å². The van der Waals surface area contributed by atoms with E-state index in [9.17, 15) is 5.11 Å². The topological polar surface area (TPSA) is 87.7 Å². The number of rotatable bonds is 2. The predicted octanol–water partition coefficient (Wildman–Crippen LogP) is 0.681. The molecule has 0 unspecified atom stereocenters. The molecule has 4 heterocycles. The van der Waals surface area contributed by atoms with Gasteiger partial charge < -0.3 is 25.4 Å². The van der Waals surface area contributed by atoms with Crippen LogP contribution >= 0.6 is 11.3 Å². The van der Waals surface area contributed by atoms with Gasteiger partial charge in [-0.1, -0.05) is 11.3 Å². The Morgan fingerprint density at radius 2 is 2.05 bits per heavy atom. The van der Waals surface area contributed by atoms with E-state index in [0.717, 1.165) is 60.6 Å². The fourth-order valence-electron chi connectivity index (χ4n) is 2.93. The quantitative estimate of drug-likeness (QED) is 0.841. The van der Waals surface area contributed by atoms with E-state index in [1.165, 1.54) is 0 Å². The lowest BCUT2D eigenvalue weighted by atomic mass is 10.3. The number of nitrogens with zero attached hydrogens (tertiary/aromatic N) is 4. The highest BCUT2D eigenvalue weighted by molar-refractivity contribution is 7.22. The van der Waals surface area contributed by atoms with E-state index < -0.39 is 0 Å². The maximum atomic E-state index is 9.70. The number of aromatic nitrogens is 2. The Morgan fingerprint density at radius 1 is 1.23 bits per heavy atom. The minimum absolute atomic E-state index is 0.295. The number of pyridine rings is 1. The molecule has 2 fully saturated rings. The van der Waals surface area contributed by atoms with Gasteiger partial charge in [0.2, 0.25) is 0 Å². The van der Waals surface area contributed by atoms with Gasteiger partial charge >= 0.3 is 0 Å². The highest BCUT2D eigenvalue weighted by Gasteiger charge is 2.24. The first-order valence-electron chi connectivity index (χ1n) is 7.53. The monoisotopic (exact) mass is 321 g/mol. The van der Waals surface area contributed by atoms with Crippen LogP contribution in [0, 0.1) is 0 Å². The number of fused-ring (bicyclic) bond motifs is 1. The van der Waals surface area contributed by atoms with Gasteiger partial charge in [-0.3, -0.25) is 0 Å². The molecule has 7 nitrogen and oxygen atoms in total. The highest BCUT2D eigenvalue weighted by atomic mass is 32.1. The fraction of sp³-hybridized carbons (Fsp3) is 0.571. The summed E-state index contributed by atoms with van der Waals surface area (Å²) in [5, 5.41) is 10.7. The van der Waals surface area contributed by atoms with Crippen LogP contribution in [0.3, 0.4) is 0 Å². The Balaban J connectivity index is 1.67. The molecule has 8 heteroatoms. The van der Waals surface area contributed by atoms with Crippen molar-refractivity contribution in [3.05, 3.63) is 6.07 Å². The second-order valence-corrected chi connectivity index (χ2v) is 6.72. The van der Waals surface area contributed by atoms with E-state index in [1.807, 2.05) is 11.0 Å². The summed E-state index contributed by atoms with van der Waals surface area (Å²) in [7, 11) is 0. The van der Waals surface area contributed by atoms with Crippen LogP contribution in [0.25, 0.3) is 10.3 Å². The summed E-state index contributed by atoms with van der Waals surface area (Å²) >= 11 is 1.62. The first-order chi connectivity index (χ1) is 10.7. The van der Waals surface area contributed by atoms with Crippen molar-refractivity contribution in [2.45, 2.75) is 12.5 Å². The molecule has 118 valence electrons. The SMILES string of the molecule is Nc1cc2sc(N3CCOCC3)nc2nc1N1CC[C@H](O)C1. The van der Waals surface area contributed by atoms with Crippen LogP contribution in [0.4, 0.5) is 16.6 Å². The highest BCUT2D eigenvalue weighted by Crippen LogP contribution is 2.34. The van der Waals surface area contributed by atoms with Crippen molar-refractivity contribution in [3.8, 4) is 0 Å². The average Bonchev–Trinajstić information content (AvgIpc) is 3.13. The molecule has 1 atom stereocenters. The van der Waals surface area contributed by atoms with Crippen molar-refractivity contribution in [2.75, 3.05) is 54.9 Å². The number of nitrogen functional groups attached to an aromatic ring is 1. The summed E-state index contributed by atoms with van der Waals surface area (Å²) < 4.78 is 6.38. The zero-order chi connectivity index (χ0) is 15.1. The molecule has 2 aliphatic rings. The smallest absolute Gasteiger partial charge is 0.188 e. The Labute approximate surface area is 132 Å². The van der Waals surface area contributed by atoms with Crippen molar-refractivity contribution in [1.82, 2.24) is 9.97 Å². The second kappa shape index (κ2) is 5.53. The first-order valence-corrected chi connectivity index (χ1v) is 8.35. The van der Waals surface area contributed by atoms with Crippen LogP contribution in [0.1, 0.15) is 6.42 Å². The third-order valence-corrected chi connectivity index (χ3v) is 5.18. The largest absolute Gasteiger partial charge is 0.396 e. The molecule has 2 aliphatic heterocycles. The van der Waals surface area contributed by atoms with Crippen molar-refractivity contribution in [3.63, 3.8) is 0 Å². The summed E-state index contributed by atoms with van der Waals surface area (Å²) in [5.41, 5.74) is 7.54. The maximum absolute atomic E-state index is 9.70. The van der Waals surface area contributed by atoms with Crippen LogP contribution < -0.4 is 15.5 Å². The molecular weight excluding hydrogens is 302 g/mol. The van der Waals surface area contributed by atoms with Crippen LogP contribution in [0.15, 0.2) is 6.07 Å². The van der Waals surface area contributed by atoms with Gasteiger partial charge in [-0.2, -0.15) is 4.98 Å². The number of anilines is 3. The average molecular weight is 321 g/mol. The molecule has 0 radical (unpaired) electrons. The summed E-state index contributed by atoms with van der Waals surface area (Å²) in [6.07, 6.45) is 0.464. The third kappa shape index (κ3) is 2.47. The summed E-state index contributed by atoms with van der Waals surface area (Å²) in [6.45, 7) is 4.57. The number of thiazole rings is 1. The minimum atomic E-state index is -0.295. The lowest BCUT2D eigenvalue weighted by Crippen LogP contribution is -2.36. The van der Waals surface area contributed by atoms with Crippen LogP contribution in [0.2, 0.25) is 0 Å². The predicted molar refractivity (Wildman–Crippen MR) is 87.7 cm³/mol. The molecule has 0 bridgehead atoms. The third-order valence-electron chi connectivity index (χ3n) is 4.12. The van der Waals surface area contributed by atoms with Crippen LogP contribution in [0.5, 0.6) is 0 Å². The van der Waals surface area contributed by atoms with Gasteiger partial charge in [-0.15, -0.1) is 0 Å². The Hall–Kier alpha value is -1.64. The lowest BCUT2D eigenvalue weighted by Gasteiger charge is -2.25. The number of nitrogens with two attached hydrogens (primary N) is 1. The Kier molecular flexibility index (Phi) is 3.51. The van der Waals surface area contributed by atoms with Gasteiger partial charge in [-0.25, -0.2) is 4.98 Å². The zero-order valence-electron chi connectivity index (χ0n) is 12.2. The summed E-state index contributed by atoms with van der Waals surface area (Å²) in [5.74, 6) is 0.739. The number of hydrogen-bond acceptors (Lipinski definition) is 8. The van der Waals surface area contributed by atoms with Crippen LogP contribution in [-0.4, -0.2) is 60.6 Å². The van der Waals surface area contributed by atoms with E-state index in [-0.39, 0.29) is 6.10 Å². The molecule has 2 saturated heterocycles. The van der Waals surface area contributed by atoms with Gasteiger partial charge in [0, 0.05) is 26.2 Å². The van der Waals surface area contributed by atoms with Gasteiger partial charge in [0.1, 0.15) is 0 Å². The van der Waals surface area contributed by atoms with E-state index in [1.54, 1.807) is 11.3 Å². The molecule has 2 aromatic heterocycles. The number of aliphatic hydroxyl groups is 1. The normalized spacial score (nSPS) is 22.7. The summed E-state index contributed by atoms with van der Waals surface area (Å²) in [4.78, 5) is 13.6. The van der Waals surface area contributed by atoms with Crippen molar-refractivity contribution in [1.29, 1.82) is 0 Å². The van der Waals surface area contributed by atoms with Crippen LogP contribution in [-0.2, 0) is 4.74 Å². The van der Waals surface area contributed by atoms with Crippen molar-refractivity contribution >= 4 is 38.3 Å². The molecule has 2 aromatic rings. The number of ether oxygens (including phenoxy) is 1. The molecule has 22 heavy (non-hydrogen) atoms. The van der Waals surface area contributed by atoms with E-state index in [0.29, 0.717) is 12.2 Å². The molecule has 3 N–H and O–H groups in total. The minimum Gasteiger partial charge on any atom is -0.396 e. The molecule has 0 spiro atoms.